The van der Waals surface area contributed by atoms with Crippen molar-refractivity contribution >= 4 is 5.91 Å². The molecule has 2 fully saturated rings. The number of ether oxygens (including phenoxy) is 1. The largest absolute Gasteiger partial charge is 0.372 e. The fourth-order valence-electron chi connectivity index (χ4n) is 3.87. The third kappa shape index (κ3) is 4.16. The molecular formula is C18H30N4O2. The number of amides is 1. The van der Waals surface area contributed by atoms with Crippen LogP contribution in [0.25, 0.3) is 0 Å². The number of hydrogen-bond donors (Lipinski definition) is 0. The van der Waals surface area contributed by atoms with Gasteiger partial charge in [-0.25, -0.2) is 0 Å². The first-order chi connectivity index (χ1) is 11.5. The Kier molecular flexibility index (Phi) is 5.56. The molecule has 1 aromatic heterocycles. The molecule has 1 amide bonds. The van der Waals surface area contributed by atoms with E-state index in [0.29, 0.717) is 5.91 Å². The van der Waals surface area contributed by atoms with E-state index in [4.69, 9.17) is 4.74 Å². The Morgan fingerprint density at radius 2 is 1.92 bits per heavy atom. The van der Waals surface area contributed by atoms with Gasteiger partial charge in [0.2, 0.25) is 5.91 Å². The van der Waals surface area contributed by atoms with Crippen LogP contribution in [0.4, 0.5) is 0 Å². The molecule has 0 unspecified atom stereocenters. The molecule has 0 spiro atoms. The number of hydrogen-bond acceptors (Lipinski definition) is 4. The lowest BCUT2D eigenvalue weighted by Gasteiger charge is -2.39. The number of morpholine rings is 1. The zero-order valence-corrected chi connectivity index (χ0v) is 15.1. The maximum Gasteiger partial charge on any atom is 0.225 e. The highest BCUT2D eigenvalue weighted by Gasteiger charge is 2.32. The molecule has 6 nitrogen and oxygen atoms in total. The Labute approximate surface area is 144 Å². The summed E-state index contributed by atoms with van der Waals surface area (Å²) in [6.07, 6.45) is 6.29. The molecule has 6 heteroatoms. The predicted molar refractivity (Wildman–Crippen MR) is 92.5 cm³/mol. The van der Waals surface area contributed by atoms with E-state index in [9.17, 15) is 4.79 Å². The lowest BCUT2D eigenvalue weighted by Crippen LogP contribution is -2.51. The van der Waals surface area contributed by atoms with Gasteiger partial charge in [0, 0.05) is 43.9 Å². The van der Waals surface area contributed by atoms with E-state index in [2.05, 4.69) is 37.0 Å². The predicted octanol–water partition coefficient (Wildman–Crippen LogP) is 1.75. The van der Waals surface area contributed by atoms with E-state index < -0.39 is 0 Å². The SMILES string of the molecule is CCn1cc(CN2CCC(C(=O)N3C[C@@H](C)O[C@@H](C)C3)CC2)cn1. The van der Waals surface area contributed by atoms with Crippen LogP contribution in [-0.4, -0.2) is 63.9 Å². The van der Waals surface area contributed by atoms with Crippen molar-refractivity contribution in [2.24, 2.45) is 5.92 Å². The molecule has 3 rings (SSSR count). The summed E-state index contributed by atoms with van der Waals surface area (Å²) in [5.74, 6) is 0.507. The monoisotopic (exact) mass is 334 g/mol. The second-order valence-electron chi connectivity index (χ2n) is 7.26. The van der Waals surface area contributed by atoms with E-state index >= 15 is 0 Å². The minimum atomic E-state index is 0.146. The molecule has 0 aliphatic carbocycles. The Bertz CT molecular complexity index is 541. The Balaban J connectivity index is 1.48. The van der Waals surface area contributed by atoms with Gasteiger partial charge in [0.05, 0.1) is 18.4 Å². The first kappa shape index (κ1) is 17.4. The van der Waals surface area contributed by atoms with Gasteiger partial charge in [0.25, 0.3) is 0 Å². The molecule has 24 heavy (non-hydrogen) atoms. The van der Waals surface area contributed by atoms with Crippen molar-refractivity contribution in [3.8, 4) is 0 Å². The van der Waals surface area contributed by atoms with Crippen LogP contribution in [0.2, 0.25) is 0 Å². The van der Waals surface area contributed by atoms with Crippen molar-refractivity contribution in [1.82, 2.24) is 19.6 Å². The van der Waals surface area contributed by atoms with Crippen molar-refractivity contribution in [2.75, 3.05) is 26.2 Å². The van der Waals surface area contributed by atoms with Crippen molar-refractivity contribution in [1.29, 1.82) is 0 Å². The summed E-state index contributed by atoms with van der Waals surface area (Å²) in [5.41, 5.74) is 1.26. The van der Waals surface area contributed by atoms with E-state index in [1.165, 1.54) is 5.56 Å². The number of aryl methyl sites for hydroxylation is 1. The average molecular weight is 334 g/mol. The van der Waals surface area contributed by atoms with Crippen molar-refractivity contribution in [2.45, 2.75) is 58.9 Å². The van der Waals surface area contributed by atoms with Gasteiger partial charge in [-0.05, 0) is 46.7 Å². The van der Waals surface area contributed by atoms with Gasteiger partial charge in [0.1, 0.15) is 0 Å². The standard InChI is InChI=1S/C18H30N4O2/c1-4-22-13-16(9-19-22)12-20-7-5-17(6-8-20)18(23)21-10-14(2)24-15(3)11-21/h9,13-15,17H,4-8,10-12H2,1-3H3/t14-,15+. The topological polar surface area (TPSA) is 50.6 Å². The fourth-order valence-corrected chi connectivity index (χ4v) is 3.87. The van der Waals surface area contributed by atoms with E-state index in [1.807, 2.05) is 15.8 Å². The second-order valence-corrected chi connectivity index (χ2v) is 7.26. The summed E-state index contributed by atoms with van der Waals surface area (Å²) in [6.45, 7) is 11.5. The fraction of sp³-hybridized carbons (Fsp3) is 0.778. The van der Waals surface area contributed by atoms with Gasteiger partial charge in [0.15, 0.2) is 0 Å². The zero-order valence-electron chi connectivity index (χ0n) is 15.1. The van der Waals surface area contributed by atoms with Gasteiger partial charge in [-0.15, -0.1) is 0 Å². The summed E-state index contributed by atoms with van der Waals surface area (Å²) in [7, 11) is 0. The highest BCUT2D eigenvalue weighted by Crippen LogP contribution is 2.23. The smallest absolute Gasteiger partial charge is 0.225 e. The average Bonchev–Trinajstić information content (AvgIpc) is 3.01. The minimum absolute atomic E-state index is 0.146. The molecule has 0 bridgehead atoms. The minimum Gasteiger partial charge on any atom is -0.372 e. The number of carbonyl (C=O) groups excluding carboxylic acids is 1. The number of aromatic nitrogens is 2. The summed E-state index contributed by atoms with van der Waals surface area (Å²) in [4.78, 5) is 17.2. The van der Waals surface area contributed by atoms with E-state index in [1.54, 1.807) is 0 Å². The maximum absolute atomic E-state index is 12.8. The van der Waals surface area contributed by atoms with Crippen molar-refractivity contribution in [3.63, 3.8) is 0 Å². The van der Waals surface area contributed by atoms with Crippen LogP contribution in [0.3, 0.4) is 0 Å². The first-order valence-corrected chi connectivity index (χ1v) is 9.23. The summed E-state index contributed by atoms with van der Waals surface area (Å²) in [6, 6.07) is 0. The lowest BCUT2D eigenvalue weighted by atomic mass is 9.94. The molecule has 134 valence electrons. The van der Waals surface area contributed by atoms with Crippen molar-refractivity contribution < 1.29 is 9.53 Å². The van der Waals surface area contributed by atoms with Gasteiger partial charge < -0.3 is 9.64 Å². The van der Waals surface area contributed by atoms with Gasteiger partial charge in [-0.3, -0.25) is 14.4 Å². The van der Waals surface area contributed by atoms with Crippen LogP contribution in [0.15, 0.2) is 12.4 Å². The molecule has 0 N–H and O–H groups in total. The highest BCUT2D eigenvalue weighted by molar-refractivity contribution is 5.79. The number of piperidine rings is 1. The third-order valence-electron chi connectivity index (χ3n) is 5.08. The summed E-state index contributed by atoms with van der Waals surface area (Å²) in [5, 5.41) is 4.34. The Hall–Kier alpha value is -1.40. The molecule has 0 saturated carbocycles. The first-order valence-electron chi connectivity index (χ1n) is 9.23. The Morgan fingerprint density at radius 3 is 2.50 bits per heavy atom. The molecule has 0 aromatic carbocycles. The summed E-state index contributed by atoms with van der Waals surface area (Å²) < 4.78 is 7.70. The van der Waals surface area contributed by atoms with Crippen LogP contribution in [-0.2, 0) is 22.6 Å². The molecule has 1 aromatic rings. The third-order valence-corrected chi connectivity index (χ3v) is 5.08. The zero-order chi connectivity index (χ0) is 17.1. The number of nitrogens with zero attached hydrogens (tertiary/aromatic N) is 4. The molecule has 2 saturated heterocycles. The molecule has 2 aliphatic heterocycles. The molecular weight excluding hydrogens is 304 g/mol. The van der Waals surface area contributed by atoms with Crippen LogP contribution < -0.4 is 0 Å². The second kappa shape index (κ2) is 7.66. The van der Waals surface area contributed by atoms with Gasteiger partial charge in [-0.2, -0.15) is 5.10 Å². The normalized spacial score (nSPS) is 26.7. The number of carbonyl (C=O) groups is 1. The van der Waals surface area contributed by atoms with E-state index in [0.717, 1.165) is 52.1 Å². The van der Waals surface area contributed by atoms with Crippen LogP contribution >= 0.6 is 0 Å². The maximum atomic E-state index is 12.8. The molecule has 3 heterocycles. The van der Waals surface area contributed by atoms with Crippen molar-refractivity contribution in [3.05, 3.63) is 18.0 Å². The lowest BCUT2D eigenvalue weighted by molar-refractivity contribution is -0.148. The van der Waals surface area contributed by atoms with Gasteiger partial charge >= 0.3 is 0 Å². The van der Waals surface area contributed by atoms with Crippen LogP contribution in [0.1, 0.15) is 39.2 Å². The molecule has 2 aliphatic rings. The molecule has 2 atom stereocenters. The van der Waals surface area contributed by atoms with E-state index in [-0.39, 0.29) is 18.1 Å². The van der Waals surface area contributed by atoms with Crippen LogP contribution in [0, 0.1) is 5.92 Å². The number of likely N-dealkylation sites (tertiary alicyclic amines) is 1. The Morgan fingerprint density at radius 1 is 1.25 bits per heavy atom. The number of rotatable bonds is 4. The highest BCUT2D eigenvalue weighted by atomic mass is 16.5. The summed E-state index contributed by atoms with van der Waals surface area (Å²) >= 11 is 0. The molecule has 0 radical (unpaired) electrons. The van der Waals surface area contributed by atoms with Crippen LogP contribution in [0.5, 0.6) is 0 Å². The quantitative estimate of drug-likeness (QED) is 0.842. The van der Waals surface area contributed by atoms with Gasteiger partial charge in [-0.1, -0.05) is 0 Å².